The van der Waals surface area contributed by atoms with E-state index in [0.29, 0.717) is 28.5 Å². The van der Waals surface area contributed by atoms with Crippen LogP contribution in [0, 0.1) is 19.8 Å². The second kappa shape index (κ2) is 11.5. The predicted molar refractivity (Wildman–Crippen MR) is 153 cm³/mol. The molecule has 1 aliphatic heterocycles. The number of aryl methyl sites for hydroxylation is 1. The van der Waals surface area contributed by atoms with E-state index in [2.05, 4.69) is 43.8 Å². The van der Waals surface area contributed by atoms with Crippen molar-refractivity contribution in [2.45, 2.75) is 52.7 Å². The number of nitrogens with one attached hydrogen (secondary N) is 2. The number of ether oxygens (including phenoxy) is 1. The van der Waals surface area contributed by atoms with Gasteiger partial charge in [0, 0.05) is 41.1 Å². The summed E-state index contributed by atoms with van der Waals surface area (Å²) in [4.78, 5) is 35.9. The van der Waals surface area contributed by atoms with Crippen LogP contribution in [-0.2, 0) is 13.1 Å². The number of carbonyl (C=O) groups is 1. The van der Waals surface area contributed by atoms with Crippen molar-refractivity contribution in [2.75, 3.05) is 20.2 Å². The topological polar surface area (TPSA) is 92.2 Å². The monoisotopic (exact) mass is 527 g/mol. The van der Waals surface area contributed by atoms with E-state index in [1.807, 2.05) is 43.5 Å². The van der Waals surface area contributed by atoms with Gasteiger partial charge in [0.1, 0.15) is 5.75 Å². The van der Waals surface area contributed by atoms with Gasteiger partial charge in [-0.2, -0.15) is 0 Å². The van der Waals surface area contributed by atoms with Crippen LogP contribution in [0.1, 0.15) is 58.8 Å². The van der Waals surface area contributed by atoms with Crippen LogP contribution in [0.25, 0.3) is 10.9 Å². The molecule has 0 aliphatic carbocycles. The van der Waals surface area contributed by atoms with Crippen LogP contribution < -0.4 is 15.6 Å². The van der Waals surface area contributed by atoms with Gasteiger partial charge in [0.15, 0.2) is 0 Å². The molecular weight excluding hydrogens is 490 g/mol. The summed E-state index contributed by atoms with van der Waals surface area (Å²) in [7, 11) is 1.53. The number of pyridine rings is 2. The Morgan fingerprint density at radius 2 is 1.90 bits per heavy atom. The Morgan fingerprint density at radius 1 is 1.15 bits per heavy atom. The molecule has 1 fully saturated rings. The lowest BCUT2D eigenvalue weighted by atomic mass is 9.89. The van der Waals surface area contributed by atoms with Gasteiger partial charge in [-0.3, -0.25) is 19.5 Å². The number of aromatic amines is 1. The molecule has 0 saturated carbocycles. The number of fused-ring (bicyclic) bond motifs is 1. The average molecular weight is 528 g/mol. The third-order valence-corrected chi connectivity index (χ3v) is 8.09. The highest BCUT2D eigenvalue weighted by Crippen LogP contribution is 2.36. The zero-order valence-electron chi connectivity index (χ0n) is 23.2. The van der Waals surface area contributed by atoms with Crippen molar-refractivity contribution in [1.82, 2.24) is 24.8 Å². The summed E-state index contributed by atoms with van der Waals surface area (Å²) in [6, 6.07) is 16.2. The first-order valence-electron chi connectivity index (χ1n) is 13.6. The predicted octanol–water partition coefficient (Wildman–Crippen LogP) is 4.75. The van der Waals surface area contributed by atoms with Gasteiger partial charge in [-0.15, -0.1) is 0 Å². The Labute approximate surface area is 229 Å². The van der Waals surface area contributed by atoms with Crippen LogP contribution in [0.15, 0.2) is 59.5 Å². The molecule has 4 aromatic rings. The van der Waals surface area contributed by atoms with Crippen LogP contribution in [0.5, 0.6) is 5.75 Å². The average Bonchev–Trinajstić information content (AvgIpc) is 3.24. The number of aromatic nitrogens is 3. The number of methoxy groups -OCH3 is 1. The number of likely N-dealkylation sites (tertiary alicyclic amines) is 1. The molecule has 1 aromatic carbocycles. The van der Waals surface area contributed by atoms with Gasteiger partial charge < -0.3 is 19.6 Å². The molecule has 204 valence electrons. The molecule has 1 aliphatic rings. The van der Waals surface area contributed by atoms with E-state index < -0.39 is 0 Å². The Hall–Kier alpha value is -3.91. The lowest BCUT2D eigenvalue weighted by molar-refractivity contribution is 0.0951. The Morgan fingerprint density at radius 3 is 2.62 bits per heavy atom. The number of amides is 1. The first-order valence-corrected chi connectivity index (χ1v) is 13.6. The van der Waals surface area contributed by atoms with Crippen molar-refractivity contribution in [2.24, 2.45) is 5.92 Å². The first kappa shape index (κ1) is 26.7. The van der Waals surface area contributed by atoms with Gasteiger partial charge >= 0.3 is 0 Å². The molecule has 1 unspecified atom stereocenters. The summed E-state index contributed by atoms with van der Waals surface area (Å²) in [5.41, 5.74) is 4.64. The van der Waals surface area contributed by atoms with Crippen molar-refractivity contribution in [3.8, 4) is 5.75 Å². The number of benzene rings is 1. The highest BCUT2D eigenvalue weighted by atomic mass is 16.5. The number of para-hydroxylation sites is 1. The standard InChI is InChI=1S/C31H37N5O3/c1-20-17-28(39-4)26(30(37)34-20)18-33-31(38)29-22(3)36(27-11-6-5-10-25(27)29)21(2)23-12-15-35(16-13-23)19-24-9-7-8-14-32-24/h5-11,14,17,21,23H,12-13,15-16,18-19H2,1-4H3,(H,33,38)(H,34,37). The van der Waals surface area contributed by atoms with Crippen LogP contribution in [-0.4, -0.2) is 45.5 Å². The number of hydrogen-bond donors (Lipinski definition) is 2. The van der Waals surface area contributed by atoms with Crippen molar-refractivity contribution < 1.29 is 9.53 Å². The largest absolute Gasteiger partial charge is 0.496 e. The molecule has 5 rings (SSSR count). The fourth-order valence-corrected chi connectivity index (χ4v) is 6.02. The van der Waals surface area contributed by atoms with Gasteiger partial charge in [0.25, 0.3) is 11.5 Å². The number of H-pyrrole nitrogens is 1. The summed E-state index contributed by atoms with van der Waals surface area (Å²) < 4.78 is 7.74. The third kappa shape index (κ3) is 5.47. The zero-order chi connectivity index (χ0) is 27.5. The molecule has 3 aromatic heterocycles. The zero-order valence-corrected chi connectivity index (χ0v) is 23.2. The number of piperidine rings is 1. The van der Waals surface area contributed by atoms with E-state index in [4.69, 9.17) is 4.74 Å². The summed E-state index contributed by atoms with van der Waals surface area (Å²) >= 11 is 0. The van der Waals surface area contributed by atoms with Crippen molar-refractivity contribution in [1.29, 1.82) is 0 Å². The fraction of sp³-hybridized carbons (Fsp3) is 0.387. The quantitative estimate of drug-likeness (QED) is 0.345. The van der Waals surface area contributed by atoms with E-state index in [9.17, 15) is 9.59 Å². The smallest absolute Gasteiger partial charge is 0.256 e. The van der Waals surface area contributed by atoms with E-state index in [1.54, 1.807) is 13.0 Å². The lowest BCUT2D eigenvalue weighted by Crippen LogP contribution is -2.36. The Bertz CT molecular complexity index is 1520. The maximum Gasteiger partial charge on any atom is 0.256 e. The van der Waals surface area contributed by atoms with E-state index in [1.165, 1.54) is 7.11 Å². The third-order valence-electron chi connectivity index (χ3n) is 8.09. The SMILES string of the molecule is COc1cc(C)[nH]c(=O)c1CNC(=O)c1c(C)n(C(C)C2CCN(Cc3ccccn3)CC2)c2ccccc12. The highest BCUT2D eigenvalue weighted by molar-refractivity contribution is 6.08. The van der Waals surface area contributed by atoms with Crippen LogP contribution in [0.4, 0.5) is 0 Å². The normalized spacial score (nSPS) is 15.4. The van der Waals surface area contributed by atoms with E-state index in [0.717, 1.165) is 54.8 Å². The highest BCUT2D eigenvalue weighted by Gasteiger charge is 2.29. The maximum absolute atomic E-state index is 13.6. The molecule has 8 nitrogen and oxygen atoms in total. The van der Waals surface area contributed by atoms with Crippen LogP contribution in [0.2, 0.25) is 0 Å². The molecule has 4 heterocycles. The summed E-state index contributed by atoms with van der Waals surface area (Å²) in [6.45, 7) is 9.13. The minimum atomic E-state index is -0.255. The van der Waals surface area contributed by atoms with Gasteiger partial charge in [0.05, 0.1) is 30.5 Å². The molecule has 0 bridgehead atoms. The maximum atomic E-state index is 13.6. The molecule has 1 saturated heterocycles. The van der Waals surface area contributed by atoms with Crippen LogP contribution in [0.3, 0.4) is 0 Å². The molecule has 8 heteroatoms. The number of hydrogen-bond acceptors (Lipinski definition) is 5. The van der Waals surface area contributed by atoms with Gasteiger partial charge in [0.2, 0.25) is 0 Å². The van der Waals surface area contributed by atoms with Gasteiger partial charge in [-0.05, 0) is 76.9 Å². The van der Waals surface area contributed by atoms with E-state index in [-0.39, 0.29) is 24.1 Å². The molecule has 1 amide bonds. The van der Waals surface area contributed by atoms with Crippen LogP contribution >= 0.6 is 0 Å². The summed E-state index contributed by atoms with van der Waals surface area (Å²) in [5, 5.41) is 3.91. The number of rotatable bonds is 8. The number of carbonyl (C=O) groups excluding carboxylic acids is 1. The van der Waals surface area contributed by atoms with Crippen molar-refractivity contribution in [3.63, 3.8) is 0 Å². The van der Waals surface area contributed by atoms with Crippen molar-refractivity contribution >= 4 is 16.8 Å². The second-order valence-electron chi connectivity index (χ2n) is 10.5. The number of nitrogens with zero attached hydrogens (tertiary/aromatic N) is 3. The minimum absolute atomic E-state index is 0.0842. The molecule has 0 radical (unpaired) electrons. The molecule has 0 spiro atoms. The fourth-order valence-electron chi connectivity index (χ4n) is 6.02. The second-order valence-corrected chi connectivity index (χ2v) is 10.5. The lowest BCUT2D eigenvalue weighted by Gasteiger charge is -2.36. The summed E-state index contributed by atoms with van der Waals surface area (Å²) in [5.74, 6) is 0.784. The van der Waals surface area contributed by atoms with Crippen molar-refractivity contribution in [3.05, 3.63) is 93.3 Å². The molecule has 39 heavy (non-hydrogen) atoms. The first-order chi connectivity index (χ1) is 18.9. The van der Waals surface area contributed by atoms with Gasteiger partial charge in [-0.25, -0.2) is 0 Å². The Kier molecular flexibility index (Phi) is 7.84. The summed E-state index contributed by atoms with van der Waals surface area (Å²) in [6.07, 6.45) is 4.04. The van der Waals surface area contributed by atoms with Gasteiger partial charge in [-0.1, -0.05) is 24.3 Å². The molecular formula is C31H37N5O3. The van der Waals surface area contributed by atoms with E-state index >= 15 is 0 Å². The molecule has 1 atom stereocenters. The minimum Gasteiger partial charge on any atom is -0.496 e. The molecule has 2 N–H and O–H groups in total. The Balaban J connectivity index is 1.35.